The van der Waals surface area contributed by atoms with Crippen molar-refractivity contribution in [3.05, 3.63) is 41.3 Å². The van der Waals surface area contributed by atoms with Crippen LogP contribution in [0.3, 0.4) is 0 Å². The SMILES string of the molecule is COCC(=O)NC1CCC(NC(=O)c2c(C)[nH]c3c(-c4cc(C(F)F)ccc4OCC4CC4)ncnc23)C(C)C1. The molecule has 40 heavy (non-hydrogen) atoms. The maximum Gasteiger partial charge on any atom is 0.263 e. The Balaban J connectivity index is 1.39. The Bertz CT molecular complexity index is 1390. The third-order valence-electron chi connectivity index (χ3n) is 7.81. The Morgan fingerprint density at radius 2 is 1.95 bits per heavy atom. The predicted octanol–water partition coefficient (Wildman–Crippen LogP) is 4.71. The molecule has 2 amide bonds. The lowest BCUT2D eigenvalue weighted by molar-refractivity contribution is -0.125. The number of alkyl halides is 2. The summed E-state index contributed by atoms with van der Waals surface area (Å²) >= 11 is 0. The zero-order chi connectivity index (χ0) is 28.4. The summed E-state index contributed by atoms with van der Waals surface area (Å²) in [5.74, 6) is 0.684. The van der Waals surface area contributed by atoms with Crippen molar-refractivity contribution in [2.75, 3.05) is 20.3 Å². The number of ether oxygens (including phenoxy) is 2. The summed E-state index contributed by atoms with van der Waals surface area (Å²) in [6.07, 6.45) is 3.09. The number of amides is 2. The van der Waals surface area contributed by atoms with Gasteiger partial charge in [-0.2, -0.15) is 0 Å². The first kappa shape index (κ1) is 27.9. The van der Waals surface area contributed by atoms with Crippen LogP contribution in [0.5, 0.6) is 5.75 Å². The van der Waals surface area contributed by atoms with Gasteiger partial charge in [0, 0.05) is 36.0 Å². The summed E-state index contributed by atoms with van der Waals surface area (Å²) in [5.41, 5.74) is 2.61. The number of aryl methyl sites for hydroxylation is 1. The van der Waals surface area contributed by atoms with E-state index in [1.54, 1.807) is 13.0 Å². The minimum atomic E-state index is -2.65. The van der Waals surface area contributed by atoms with Crippen LogP contribution in [0.15, 0.2) is 24.5 Å². The summed E-state index contributed by atoms with van der Waals surface area (Å²) in [6, 6.07) is 4.30. The van der Waals surface area contributed by atoms with Crippen molar-refractivity contribution in [1.82, 2.24) is 25.6 Å². The van der Waals surface area contributed by atoms with Crippen molar-refractivity contribution in [2.45, 2.75) is 64.5 Å². The molecule has 3 atom stereocenters. The molecule has 2 aliphatic carbocycles. The summed E-state index contributed by atoms with van der Waals surface area (Å²) in [7, 11) is 1.48. The second-order valence-electron chi connectivity index (χ2n) is 10.9. The zero-order valence-electron chi connectivity index (χ0n) is 22.9. The first-order valence-corrected chi connectivity index (χ1v) is 13.7. The maximum absolute atomic E-state index is 13.6. The molecule has 3 aromatic rings. The Morgan fingerprint density at radius 1 is 1.15 bits per heavy atom. The molecule has 9 nitrogen and oxygen atoms in total. The van der Waals surface area contributed by atoms with Crippen LogP contribution < -0.4 is 15.4 Å². The fraction of sp³-hybridized carbons (Fsp3) is 0.517. The molecule has 3 unspecified atom stereocenters. The van der Waals surface area contributed by atoms with Crippen LogP contribution in [0.1, 0.15) is 67.1 Å². The third-order valence-corrected chi connectivity index (χ3v) is 7.81. The van der Waals surface area contributed by atoms with Crippen LogP contribution in [-0.2, 0) is 9.53 Å². The summed E-state index contributed by atoms with van der Waals surface area (Å²) in [5, 5.41) is 6.14. The van der Waals surface area contributed by atoms with Gasteiger partial charge in [0.25, 0.3) is 12.3 Å². The molecule has 0 spiro atoms. The number of hydrogen-bond acceptors (Lipinski definition) is 6. The van der Waals surface area contributed by atoms with Crippen LogP contribution in [-0.4, -0.2) is 59.2 Å². The summed E-state index contributed by atoms with van der Waals surface area (Å²) < 4.78 is 38.1. The number of hydrogen-bond donors (Lipinski definition) is 3. The van der Waals surface area contributed by atoms with Gasteiger partial charge in [0.15, 0.2) is 0 Å². The average molecular weight is 556 g/mol. The highest BCUT2D eigenvalue weighted by molar-refractivity contribution is 6.09. The monoisotopic (exact) mass is 555 g/mol. The molecule has 11 heteroatoms. The van der Waals surface area contributed by atoms with Crippen molar-refractivity contribution < 1.29 is 27.8 Å². The number of rotatable bonds is 10. The largest absolute Gasteiger partial charge is 0.493 e. The first-order chi connectivity index (χ1) is 19.2. The molecule has 214 valence electrons. The van der Waals surface area contributed by atoms with E-state index in [2.05, 4.69) is 32.5 Å². The molecule has 0 bridgehead atoms. The molecule has 2 saturated carbocycles. The van der Waals surface area contributed by atoms with Crippen LogP contribution in [0.25, 0.3) is 22.3 Å². The highest BCUT2D eigenvalue weighted by atomic mass is 19.3. The van der Waals surface area contributed by atoms with Gasteiger partial charge < -0.3 is 25.1 Å². The quantitative estimate of drug-likeness (QED) is 0.334. The number of H-pyrrole nitrogens is 1. The van der Waals surface area contributed by atoms with Gasteiger partial charge in [-0.05, 0) is 69.1 Å². The number of methoxy groups -OCH3 is 1. The summed E-state index contributed by atoms with van der Waals surface area (Å²) in [4.78, 5) is 37.5. The lowest BCUT2D eigenvalue weighted by atomic mass is 9.82. The topological polar surface area (TPSA) is 118 Å². The minimum Gasteiger partial charge on any atom is -0.493 e. The van der Waals surface area contributed by atoms with Crippen molar-refractivity contribution in [2.24, 2.45) is 11.8 Å². The van der Waals surface area contributed by atoms with E-state index in [0.717, 1.165) is 25.7 Å². The standard InChI is InChI=1S/C29H35F2N5O4/c1-15-10-19(35-23(37)13-39-3)7-8-21(15)36-29(38)24-16(2)34-27-25(32-14-33-26(24)27)20-11-18(28(30)31)6-9-22(20)40-12-17-4-5-17/h6,9,11,14-15,17,19,21,28,34H,4-5,7-8,10,12-13H2,1-3H3,(H,35,37)(H,36,38). The number of aromatic nitrogens is 3. The van der Waals surface area contributed by atoms with Crippen molar-refractivity contribution in [3.8, 4) is 17.0 Å². The van der Waals surface area contributed by atoms with E-state index in [0.29, 0.717) is 58.2 Å². The lowest BCUT2D eigenvalue weighted by Crippen LogP contribution is -2.48. The maximum atomic E-state index is 13.6. The molecule has 1 aromatic carbocycles. The second-order valence-corrected chi connectivity index (χ2v) is 10.9. The molecule has 2 aliphatic rings. The molecule has 5 rings (SSSR count). The van der Waals surface area contributed by atoms with Gasteiger partial charge >= 0.3 is 0 Å². The van der Waals surface area contributed by atoms with Gasteiger partial charge in [-0.3, -0.25) is 9.59 Å². The number of carbonyl (C=O) groups excluding carboxylic acids is 2. The van der Waals surface area contributed by atoms with E-state index in [9.17, 15) is 18.4 Å². The van der Waals surface area contributed by atoms with Gasteiger partial charge in [0.05, 0.1) is 17.7 Å². The minimum absolute atomic E-state index is 0.0231. The van der Waals surface area contributed by atoms with Crippen molar-refractivity contribution in [3.63, 3.8) is 0 Å². The molecule has 3 N–H and O–H groups in total. The highest BCUT2D eigenvalue weighted by Gasteiger charge is 2.31. The van der Waals surface area contributed by atoms with Gasteiger partial charge in [-0.1, -0.05) is 6.92 Å². The van der Waals surface area contributed by atoms with Crippen LogP contribution in [0.2, 0.25) is 0 Å². The zero-order valence-corrected chi connectivity index (χ0v) is 22.9. The van der Waals surface area contributed by atoms with Gasteiger partial charge in [-0.15, -0.1) is 0 Å². The molecule has 0 aliphatic heterocycles. The van der Waals surface area contributed by atoms with E-state index in [1.165, 1.54) is 25.6 Å². The fourth-order valence-electron chi connectivity index (χ4n) is 5.47. The number of nitrogens with one attached hydrogen (secondary N) is 3. The van der Waals surface area contributed by atoms with Crippen LogP contribution >= 0.6 is 0 Å². The Labute approximate surface area is 231 Å². The van der Waals surface area contributed by atoms with E-state index in [4.69, 9.17) is 9.47 Å². The molecular weight excluding hydrogens is 520 g/mol. The van der Waals surface area contributed by atoms with E-state index < -0.39 is 6.43 Å². The number of nitrogens with zero attached hydrogens (tertiary/aromatic N) is 2. The second kappa shape index (κ2) is 11.9. The van der Waals surface area contributed by atoms with E-state index in [-0.39, 0.29) is 42.0 Å². The number of halogens is 2. The number of aromatic amines is 1. The van der Waals surface area contributed by atoms with Gasteiger partial charge in [-0.25, -0.2) is 18.7 Å². The van der Waals surface area contributed by atoms with Gasteiger partial charge in [0.1, 0.15) is 29.9 Å². The molecule has 0 saturated heterocycles. The van der Waals surface area contributed by atoms with E-state index in [1.807, 2.05) is 0 Å². The van der Waals surface area contributed by atoms with Gasteiger partial charge in [0.2, 0.25) is 5.91 Å². The Hall–Kier alpha value is -3.60. The molecule has 0 radical (unpaired) electrons. The number of carbonyl (C=O) groups is 2. The van der Waals surface area contributed by atoms with Crippen molar-refractivity contribution >= 4 is 22.8 Å². The predicted molar refractivity (Wildman–Crippen MR) is 145 cm³/mol. The molecular formula is C29H35F2N5O4. The summed E-state index contributed by atoms with van der Waals surface area (Å²) in [6.45, 7) is 4.38. The lowest BCUT2D eigenvalue weighted by Gasteiger charge is -2.35. The van der Waals surface area contributed by atoms with Crippen molar-refractivity contribution in [1.29, 1.82) is 0 Å². The first-order valence-electron chi connectivity index (χ1n) is 13.7. The third kappa shape index (κ3) is 6.09. The average Bonchev–Trinajstić information content (AvgIpc) is 3.68. The van der Waals surface area contributed by atoms with Crippen LogP contribution in [0, 0.1) is 18.8 Å². The van der Waals surface area contributed by atoms with E-state index >= 15 is 0 Å². The number of benzene rings is 1. The molecule has 2 aromatic heterocycles. The Morgan fingerprint density at radius 3 is 2.65 bits per heavy atom. The highest BCUT2D eigenvalue weighted by Crippen LogP contribution is 2.38. The molecule has 2 fully saturated rings. The van der Waals surface area contributed by atoms with Crippen LogP contribution in [0.4, 0.5) is 8.78 Å². The smallest absolute Gasteiger partial charge is 0.263 e. The normalized spacial score (nSPS) is 21.0. The Kier molecular flexibility index (Phi) is 8.30. The molecule has 2 heterocycles. The fourth-order valence-corrected chi connectivity index (χ4v) is 5.47. The number of fused-ring (bicyclic) bond motifs is 1.